The smallest absolute Gasteiger partial charge is 0.143 e. The van der Waals surface area contributed by atoms with Crippen molar-refractivity contribution in [1.29, 1.82) is 0 Å². The van der Waals surface area contributed by atoms with Gasteiger partial charge in [-0.05, 0) is 52.1 Å². The van der Waals surface area contributed by atoms with Crippen molar-refractivity contribution in [2.45, 2.75) is 46.1 Å². The number of ketones is 1. The lowest BCUT2D eigenvalue weighted by Crippen LogP contribution is -2.51. The summed E-state index contributed by atoms with van der Waals surface area (Å²) in [6, 6.07) is 0.738. The third-order valence-corrected chi connectivity index (χ3v) is 5.29. The van der Waals surface area contributed by atoms with Crippen molar-refractivity contribution in [3.8, 4) is 0 Å². The van der Waals surface area contributed by atoms with Crippen LogP contribution in [-0.4, -0.2) is 78.9 Å². The molecule has 0 aromatic rings. The molecule has 0 spiro atoms. The van der Waals surface area contributed by atoms with Gasteiger partial charge in [0, 0.05) is 38.8 Å². The fourth-order valence-electron chi connectivity index (χ4n) is 3.65. The summed E-state index contributed by atoms with van der Waals surface area (Å²) in [6.45, 7) is 15.4. The van der Waals surface area contributed by atoms with Crippen LogP contribution >= 0.6 is 0 Å². The average molecular weight is 295 g/mol. The highest BCUT2D eigenvalue weighted by Gasteiger charge is 2.25. The molecule has 2 heterocycles. The van der Waals surface area contributed by atoms with Gasteiger partial charge in [0.25, 0.3) is 0 Å². The maximum Gasteiger partial charge on any atom is 0.143 e. The molecular weight excluding hydrogens is 262 g/mol. The van der Waals surface area contributed by atoms with Gasteiger partial charge in [-0.3, -0.25) is 14.6 Å². The normalized spacial score (nSPS) is 25.1. The van der Waals surface area contributed by atoms with Gasteiger partial charge in [0.1, 0.15) is 5.78 Å². The Hall–Kier alpha value is -0.450. The topological polar surface area (TPSA) is 26.8 Å². The molecule has 1 unspecified atom stereocenters. The van der Waals surface area contributed by atoms with E-state index in [9.17, 15) is 4.79 Å². The van der Waals surface area contributed by atoms with Crippen LogP contribution in [0, 0.1) is 5.92 Å². The first kappa shape index (κ1) is 16.9. The molecule has 122 valence electrons. The molecule has 0 aromatic heterocycles. The fourth-order valence-corrected chi connectivity index (χ4v) is 3.65. The molecule has 2 fully saturated rings. The summed E-state index contributed by atoms with van der Waals surface area (Å²) in [5.41, 5.74) is 0. The van der Waals surface area contributed by atoms with Crippen molar-refractivity contribution in [2.75, 3.05) is 52.4 Å². The Morgan fingerprint density at radius 3 is 2.19 bits per heavy atom. The van der Waals surface area contributed by atoms with E-state index in [-0.39, 0.29) is 0 Å². The van der Waals surface area contributed by atoms with Gasteiger partial charge in [-0.25, -0.2) is 0 Å². The van der Waals surface area contributed by atoms with Gasteiger partial charge in [0.2, 0.25) is 0 Å². The first-order chi connectivity index (χ1) is 10.1. The second-order valence-electron chi connectivity index (χ2n) is 7.02. The summed E-state index contributed by atoms with van der Waals surface area (Å²) < 4.78 is 0. The summed E-state index contributed by atoms with van der Waals surface area (Å²) in [5, 5.41) is 0. The Bertz CT molecular complexity index is 318. The number of piperazine rings is 1. The number of piperidine rings is 1. The molecule has 21 heavy (non-hydrogen) atoms. The number of likely N-dealkylation sites (tertiary alicyclic amines) is 1. The fraction of sp³-hybridized carbons (Fsp3) is 0.941. The summed E-state index contributed by atoms with van der Waals surface area (Å²) in [6.07, 6.45) is 3.78. The van der Waals surface area contributed by atoms with Gasteiger partial charge < -0.3 is 4.90 Å². The minimum absolute atomic E-state index is 0.301. The zero-order valence-electron chi connectivity index (χ0n) is 14.2. The Kier molecular flexibility index (Phi) is 6.65. The van der Waals surface area contributed by atoms with E-state index in [4.69, 9.17) is 0 Å². The molecule has 0 aliphatic carbocycles. The monoisotopic (exact) mass is 295 g/mol. The molecular formula is C17H33N3O. The van der Waals surface area contributed by atoms with Crippen molar-refractivity contribution in [1.82, 2.24) is 14.7 Å². The van der Waals surface area contributed by atoms with E-state index in [1.165, 1.54) is 52.0 Å². The largest absolute Gasteiger partial charge is 0.301 e. The summed E-state index contributed by atoms with van der Waals surface area (Å²) in [7, 11) is 0. The lowest BCUT2D eigenvalue weighted by molar-refractivity contribution is -0.118. The van der Waals surface area contributed by atoms with Crippen LogP contribution in [0.15, 0.2) is 0 Å². The second kappa shape index (κ2) is 8.25. The van der Waals surface area contributed by atoms with Crippen molar-refractivity contribution >= 4 is 5.78 Å². The van der Waals surface area contributed by atoms with Crippen LogP contribution in [0.25, 0.3) is 0 Å². The Balaban J connectivity index is 1.65. The molecule has 0 N–H and O–H groups in total. The van der Waals surface area contributed by atoms with Crippen molar-refractivity contribution in [2.24, 2.45) is 5.92 Å². The lowest BCUT2D eigenvalue weighted by atomic mass is 9.95. The molecule has 2 saturated heterocycles. The third-order valence-electron chi connectivity index (χ3n) is 5.29. The molecule has 2 aliphatic heterocycles. The zero-order chi connectivity index (χ0) is 15.2. The SMILES string of the molecule is CCC(C)N1CCN(CC2CCN(CC(C)=O)CC2)CC1. The van der Waals surface area contributed by atoms with E-state index in [0.29, 0.717) is 12.3 Å². The molecule has 0 bridgehead atoms. The van der Waals surface area contributed by atoms with Crippen LogP contribution in [0.5, 0.6) is 0 Å². The van der Waals surface area contributed by atoms with Crippen molar-refractivity contribution in [3.05, 3.63) is 0 Å². The first-order valence-electron chi connectivity index (χ1n) is 8.76. The van der Waals surface area contributed by atoms with Gasteiger partial charge in [-0.1, -0.05) is 6.92 Å². The maximum absolute atomic E-state index is 11.2. The Labute approximate surface area is 130 Å². The van der Waals surface area contributed by atoms with Gasteiger partial charge in [-0.15, -0.1) is 0 Å². The highest BCUT2D eigenvalue weighted by Crippen LogP contribution is 2.19. The van der Waals surface area contributed by atoms with Gasteiger partial charge in [0.15, 0.2) is 0 Å². The van der Waals surface area contributed by atoms with E-state index in [0.717, 1.165) is 25.0 Å². The minimum atomic E-state index is 0.301. The van der Waals surface area contributed by atoms with Crippen LogP contribution in [0.3, 0.4) is 0 Å². The summed E-state index contributed by atoms with van der Waals surface area (Å²) >= 11 is 0. The standard InChI is InChI=1S/C17H33N3O/c1-4-15(2)20-11-9-19(10-12-20)14-17-5-7-18(8-6-17)13-16(3)21/h15,17H,4-14H2,1-3H3. The molecule has 4 heteroatoms. The molecule has 0 radical (unpaired) electrons. The van der Waals surface area contributed by atoms with E-state index >= 15 is 0 Å². The molecule has 0 aromatic carbocycles. The number of nitrogens with zero attached hydrogens (tertiary/aromatic N) is 3. The number of hydrogen-bond acceptors (Lipinski definition) is 4. The van der Waals surface area contributed by atoms with Gasteiger partial charge in [0.05, 0.1) is 6.54 Å². The number of Topliss-reactive ketones (excluding diaryl/α,β-unsaturated/α-hetero) is 1. The lowest BCUT2D eigenvalue weighted by Gasteiger charge is -2.40. The van der Waals surface area contributed by atoms with Crippen LogP contribution in [-0.2, 0) is 4.79 Å². The van der Waals surface area contributed by atoms with Crippen molar-refractivity contribution in [3.63, 3.8) is 0 Å². The number of rotatable bonds is 6. The Morgan fingerprint density at radius 2 is 1.67 bits per heavy atom. The van der Waals surface area contributed by atoms with E-state index < -0.39 is 0 Å². The van der Waals surface area contributed by atoms with Crippen molar-refractivity contribution < 1.29 is 4.79 Å². The molecule has 1 atom stereocenters. The van der Waals surface area contributed by atoms with Crippen LogP contribution < -0.4 is 0 Å². The molecule has 2 rings (SSSR count). The van der Waals surface area contributed by atoms with Crippen LogP contribution in [0.1, 0.15) is 40.0 Å². The Morgan fingerprint density at radius 1 is 1.05 bits per heavy atom. The average Bonchev–Trinajstić information content (AvgIpc) is 2.49. The van der Waals surface area contributed by atoms with E-state index in [2.05, 4.69) is 28.5 Å². The summed E-state index contributed by atoms with van der Waals surface area (Å²) in [5.74, 6) is 1.14. The predicted molar refractivity (Wildman–Crippen MR) is 87.6 cm³/mol. The summed E-state index contributed by atoms with van der Waals surface area (Å²) in [4.78, 5) is 18.8. The quantitative estimate of drug-likeness (QED) is 0.745. The van der Waals surface area contributed by atoms with Gasteiger partial charge >= 0.3 is 0 Å². The highest BCUT2D eigenvalue weighted by atomic mass is 16.1. The van der Waals surface area contributed by atoms with E-state index in [1.54, 1.807) is 6.92 Å². The van der Waals surface area contributed by atoms with Crippen LogP contribution in [0.4, 0.5) is 0 Å². The molecule has 2 aliphatic rings. The van der Waals surface area contributed by atoms with Gasteiger partial charge in [-0.2, -0.15) is 0 Å². The third kappa shape index (κ3) is 5.35. The van der Waals surface area contributed by atoms with E-state index in [1.807, 2.05) is 0 Å². The number of carbonyl (C=O) groups is 1. The molecule has 0 amide bonds. The highest BCUT2D eigenvalue weighted by molar-refractivity contribution is 5.77. The number of carbonyl (C=O) groups excluding carboxylic acids is 1. The number of hydrogen-bond donors (Lipinski definition) is 0. The van der Waals surface area contributed by atoms with Crippen LogP contribution in [0.2, 0.25) is 0 Å². The molecule has 0 saturated carbocycles. The minimum Gasteiger partial charge on any atom is -0.301 e. The second-order valence-corrected chi connectivity index (χ2v) is 7.02. The first-order valence-corrected chi connectivity index (χ1v) is 8.76. The molecule has 4 nitrogen and oxygen atoms in total. The zero-order valence-corrected chi connectivity index (χ0v) is 14.2. The maximum atomic E-state index is 11.2. The predicted octanol–water partition coefficient (Wildman–Crippen LogP) is 1.70.